The van der Waals surface area contributed by atoms with E-state index < -0.39 is 6.67 Å². The van der Waals surface area contributed by atoms with E-state index in [1.165, 1.54) is 7.11 Å². The average molecular weight is 229 g/mol. The van der Waals surface area contributed by atoms with Crippen molar-refractivity contribution < 1.29 is 13.9 Å². The number of nitrogens with two attached hydrogens (primary N) is 1. The number of rotatable bonds is 5. The molecule has 2 N–H and O–H groups in total. The Hall–Kier alpha value is -1.36. The van der Waals surface area contributed by atoms with Gasteiger partial charge in [0.2, 0.25) is 0 Å². The zero-order valence-electron chi connectivity index (χ0n) is 8.33. The molecular formula is C10H12FNO2S. The zero-order valence-corrected chi connectivity index (χ0v) is 9.14. The maximum Gasteiger partial charge on any atom is 0.161 e. The number of hydrogen-bond acceptors (Lipinski definition) is 3. The standard InChI is InChI=1S/C10H12FNO2S/c1-13-9-6-7(10(12)15)2-3-8(9)14-5-4-11/h2-3,6H,4-5H2,1H3,(H2,12,15). The van der Waals surface area contributed by atoms with Crippen LogP contribution in [-0.4, -0.2) is 25.4 Å². The van der Waals surface area contributed by atoms with Gasteiger partial charge in [0.05, 0.1) is 7.11 Å². The Morgan fingerprint density at radius 2 is 2.20 bits per heavy atom. The lowest BCUT2D eigenvalue weighted by molar-refractivity contribution is 0.260. The first kappa shape index (κ1) is 11.7. The van der Waals surface area contributed by atoms with Gasteiger partial charge in [0.25, 0.3) is 0 Å². The zero-order chi connectivity index (χ0) is 11.3. The molecule has 0 fully saturated rings. The van der Waals surface area contributed by atoms with Gasteiger partial charge < -0.3 is 15.2 Å². The highest BCUT2D eigenvalue weighted by molar-refractivity contribution is 7.80. The molecule has 1 aromatic carbocycles. The van der Waals surface area contributed by atoms with Crippen LogP contribution in [0.1, 0.15) is 5.56 Å². The topological polar surface area (TPSA) is 44.5 Å². The first-order valence-corrected chi connectivity index (χ1v) is 4.76. The van der Waals surface area contributed by atoms with Crippen molar-refractivity contribution >= 4 is 17.2 Å². The van der Waals surface area contributed by atoms with Gasteiger partial charge in [0.15, 0.2) is 11.5 Å². The van der Waals surface area contributed by atoms with Crippen molar-refractivity contribution in [2.45, 2.75) is 0 Å². The smallest absolute Gasteiger partial charge is 0.161 e. The molecule has 0 saturated carbocycles. The predicted molar refractivity (Wildman–Crippen MR) is 60.4 cm³/mol. The first-order chi connectivity index (χ1) is 7.19. The minimum absolute atomic E-state index is 0.00276. The van der Waals surface area contributed by atoms with Gasteiger partial charge in [-0.3, -0.25) is 0 Å². The number of hydrogen-bond donors (Lipinski definition) is 1. The van der Waals surface area contributed by atoms with Crippen molar-refractivity contribution in [1.29, 1.82) is 0 Å². The second-order valence-electron chi connectivity index (χ2n) is 2.77. The Morgan fingerprint density at radius 3 is 2.73 bits per heavy atom. The Bertz CT molecular complexity index is 357. The van der Waals surface area contributed by atoms with Gasteiger partial charge in [-0.2, -0.15) is 0 Å². The fourth-order valence-electron chi connectivity index (χ4n) is 1.09. The molecule has 3 nitrogen and oxygen atoms in total. The first-order valence-electron chi connectivity index (χ1n) is 4.35. The molecule has 0 unspecified atom stereocenters. The summed E-state index contributed by atoms with van der Waals surface area (Å²) in [6, 6.07) is 5.03. The molecular weight excluding hydrogens is 217 g/mol. The molecule has 1 rings (SSSR count). The van der Waals surface area contributed by atoms with Crippen LogP contribution in [0, 0.1) is 0 Å². The van der Waals surface area contributed by atoms with E-state index in [9.17, 15) is 4.39 Å². The number of methoxy groups -OCH3 is 1. The molecule has 0 spiro atoms. The van der Waals surface area contributed by atoms with Crippen LogP contribution in [0.2, 0.25) is 0 Å². The second kappa shape index (κ2) is 5.50. The monoisotopic (exact) mass is 229 g/mol. The van der Waals surface area contributed by atoms with E-state index in [0.29, 0.717) is 17.1 Å². The van der Waals surface area contributed by atoms with E-state index in [-0.39, 0.29) is 11.6 Å². The summed E-state index contributed by atoms with van der Waals surface area (Å²) in [5, 5.41) is 0. The molecule has 0 aliphatic heterocycles. The fraction of sp³-hybridized carbons (Fsp3) is 0.300. The summed E-state index contributed by atoms with van der Waals surface area (Å²) >= 11 is 4.82. The highest BCUT2D eigenvalue weighted by Gasteiger charge is 2.06. The Balaban J connectivity index is 2.93. The van der Waals surface area contributed by atoms with Gasteiger partial charge in [-0.1, -0.05) is 12.2 Å². The molecule has 0 aromatic heterocycles. The number of halogens is 1. The Labute approximate surface area is 93.0 Å². The lowest BCUT2D eigenvalue weighted by Gasteiger charge is -2.10. The van der Waals surface area contributed by atoms with E-state index >= 15 is 0 Å². The molecule has 0 atom stereocenters. The highest BCUT2D eigenvalue weighted by atomic mass is 32.1. The molecule has 0 radical (unpaired) electrons. The number of alkyl halides is 1. The van der Waals surface area contributed by atoms with Gasteiger partial charge in [0, 0.05) is 5.56 Å². The van der Waals surface area contributed by atoms with Crippen LogP contribution in [0.4, 0.5) is 4.39 Å². The van der Waals surface area contributed by atoms with Gasteiger partial charge >= 0.3 is 0 Å². The minimum Gasteiger partial charge on any atom is -0.493 e. The lowest BCUT2D eigenvalue weighted by Crippen LogP contribution is -2.09. The van der Waals surface area contributed by atoms with Crippen molar-refractivity contribution in [2.75, 3.05) is 20.4 Å². The summed E-state index contributed by atoms with van der Waals surface area (Å²) in [6.07, 6.45) is 0. The lowest BCUT2D eigenvalue weighted by atomic mass is 10.2. The molecule has 0 aliphatic carbocycles. The van der Waals surface area contributed by atoms with Crippen molar-refractivity contribution in [1.82, 2.24) is 0 Å². The van der Waals surface area contributed by atoms with E-state index in [2.05, 4.69) is 0 Å². The molecule has 0 amide bonds. The summed E-state index contributed by atoms with van der Waals surface area (Å²) < 4.78 is 22.1. The molecule has 0 saturated heterocycles. The maximum absolute atomic E-state index is 11.9. The third-order valence-electron chi connectivity index (χ3n) is 1.78. The third-order valence-corrected chi connectivity index (χ3v) is 2.02. The minimum atomic E-state index is -0.541. The van der Waals surface area contributed by atoms with Gasteiger partial charge in [0.1, 0.15) is 18.3 Å². The third kappa shape index (κ3) is 3.06. The Kier molecular flexibility index (Phi) is 4.30. The summed E-state index contributed by atoms with van der Waals surface area (Å²) in [7, 11) is 1.50. The normalized spacial score (nSPS) is 9.73. The fourth-order valence-corrected chi connectivity index (χ4v) is 1.22. The molecule has 1 aromatic rings. The van der Waals surface area contributed by atoms with E-state index in [1.807, 2.05) is 0 Å². The van der Waals surface area contributed by atoms with Crippen LogP contribution in [-0.2, 0) is 0 Å². The van der Waals surface area contributed by atoms with Gasteiger partial charge in [-0.15, -0.1) is 0 Å². The molecule has 82 valence electrons. The van der Waals surface area contributed by atoms with Crippen LogP contribution in [0.15, 0.2) is 18.2 Å². The summed E-state index contributed by atoms with van der Waals surface area (Å²) in [6.45, 7) is -0.539. The summed E-state index contributed by atoms with van der Waals surface area (Å²) in [5.74, 6) is 0.976. The van der Waals surface area contributed by atoms with Gasteiger partial charge in [-0.25, -0.2) is 4.39 Å². The largest absolute Gasteiger partial charge is 0.493 e. The SMILES string of the molecule is COc1cc(C(N)=S)ccc1OCCF. The van der Waals surface area contributed by atoms with Gasteiger partial charge in [-0.05, 0) is 18.2 Å². The second-order valence-corrected chi connectivity index (χ2v) is 3.21. The van der Waals surface area contributed by atoms with Crippen LogP contribution in [0.5, 0.6) is 11.5 Å². The number of thiocarbonyl (C=S) groups is 1. The van der Waals surface area contributed by atoms with Crippen LogP contribution >= 0.6 is 12.2 Å². The van der Waals surface area contributed by atoms with E-state index in [0.717, 1.165) is 0 Å². The molecule has 15 heavy (non-hydrogen) atoms. The quantitative estimate of drug-likeness (QED) is 0.780. The van der Waals surface area contributed by atoms with Crippen molar-refractivity contribution in [3.8, 4) is 11.5 Å². The van der Waals surface area contributed by atoms with Crippen LogP contribution in [0.3, 0.4) is 0 Å². The molecule has 0 bridgehead atoms. The number of benzene rings is 1. The number of ether oxygens (including phenoxy) is 2. The Morgan fingerprint density at radius 1 is 1.47 bits per heavy atom. The van der Waals surface area contributed by atoms with Crippen molar-refractivity contribution in [3.05, 3.63) is 23.8 Å². The van der Waals surface area contributed by atoms with Crippen molar-refractivity contribution in [3.63, 3.8) is 0 Å². The average Bonchev–Trinajstić information content (AvgIpc) is 2.25. The summed E-state index contributed by atoms with van der Waals surface area (Å²) in [5.41, 5.74) is 6.15. The molecule has 0 heterocycles. The van der Waals surface area contributed by atoms with Crippen LogP contribution < -0.4 is 15.2 Å². The summed E-state index contributed by atoms with van der Waals surface area (Å²) in [4.78, 5) is 0.283. The molecule has 0 aliphatic rings. The molecule has 5 heteroatoms. The maximum atomic E-state index is 11.9. The van der Waals surface area contributed by atoms with Crippen molar-refractivity contribution in [2.24, 2.45) is 5.73 Å². The predicted octanol–water partition coefficient (Wildman–Crippen LogP) is 1.68. The van der Waals surface area contributed by atoms with E-state index in [1.54, 1.807) is 18.2 Å². The van der Waals surface area contributed by atoms with Crippen LogP contribution in [0.25, 0.3) is 0 Å². The van der Waals surface area contributed by atoms with E-state index in [4.69, 9.17) is 27.4 Å². The highest BCUT2D eigenvalue weighted by Crippen LogP contribution is 2.27.